The molecule has 0 aromatic carbocycles. The van der Waals surface area contributed by atoms with Gasteiger partial charge in [-0.05, 0) is 75.0 Å². The minimum Gasteiger partial charge on any atom is -0.314 e. The Kier molecular flexibility index (Phi) is 6.10. The van der Waals surface area contributed by atoms with Crippen LogP contribution in [0.3, 0.4) is 0 Å². The molecule has 5 rings (SSSR count). The maximum atomic E-state index is 9.52. The Morgan fingerprint density at radius 2 is 1.36 bits per heavy atom. The summed E-state index contributed by atoms with van der Waals surface area (Å²) in [5, 5.41) is 11.0. The number of nitrogens with zero attached hydrogens (tertiary/aromatic N) is 2. The lowest BCUT2D eigenvalue weighted by atomic mass is 9.48. The molecule has 4 bridgehead atoms. The summed E-state index contributed by atoms with van der Waals surface area (Å²) < 4.78 is 0. The van der Waals surface area contributed by atoms with Crippen molar-refractivity contribution < 1.29 is 5.21 Å². The lowest BCUT2D eigenvalue weighted by Gasteiger charge is -2.58. The lowest BCUT2D eigenvalue weighted by Crippen LogP contribution is -2.52. The quantitative estimate of drug-likeness (QED) is 0.837. The van der Waals surface area contributed by atoms with Crippen molar-refractivity contribution in [1.29, 1.82) is 0 Å². The van der Waals surface area contributed by atoms with Crippen molar-refractivity contribution in [2.45, 2.75) is 57.9 Å². The molecule has 0 aromatic heterocycles. The summed E-state index contributed by atoms with van der Waals surface area (Å²) in [5.74, 6) is 3.22. The highest BCUT2D eigenvalue weighted by molar-refractivity contribution is 5.85. The Morgan fingerprint density at radius 3 is 1.82 bits per heavy atom. The first kappa shape index (κ1) is 18.8. The molecular formula is C17H32Cl2N2O. The zero-order chi connectivity index (χ0) is 13.7. The molecule has 1 atom stereocenters. The zero-order valence-corrected chi connectivity index (χ0v) is 15.4. The van der Waals surface area contributed by atoms with Gasteiger partial charge in [0.05, 0.1) is 0 Å². The van der Waals surface area contributed by atoms with Crippen molar-refractivity contribution in [3.05, 3.63) is 0 Å². The molecule has 5 fully saturated rings. The van der Waals surface area contributed by atoms with Crippen LogP contribution in [0.2, 0.25) is 0 Å². The first-order valence-electron chi connectivity index (χ1n) is 8.80. The number of piperazine rings is 1. The fourth-order valence-corrected chi connectivity index (χ4v) is 6.45. The second kappa shape index (κ2) is 7.14. The molecule has 3 nitrogen and oxygen atoms in total. The molecule has 1 N–H and O–H groups in total. The summed E-state index contributed by atoms with van der Waals surface area (Å²) in [7, 11) is 0. The topological polar surface area (TPSA) is 26.7 Å². The number of rotatable bonds is 3. The van der Waals surface area contributed by atoms with Gasteiger partial charge in [-0.25, -0.2) is 0 Å². The van der Waals surface area contributed by atoms with E-state index in [-0.39, 0.29) is 24.8 Å². The van der Waals surface area contributed by atoms with E-state index in [9.17, 15) is 5.21 Å². The van der Waals surface area contributed by atoms with Crippen LogP contribution in [0.25, 0.3) is 0 Å². The molecule has 5 aliphatic rings. The van der Waals surface area contributed by atoms with Crippen molar-refractivity contribution in [3.63, 3.8) is 0 Å². The largest absolute Gasteiger partial charge is 0.314 e. The minimum absolute atomic E-state index is 0. The Balaban J connectivity index is 0.000000882. The summed E-state index contributed by atoms with van der Waals surface area (Å²) in [6, 6.07) is 0.708. The third-order valence-electron chi connectivity index (χ3n) is 6.81. The van der Waals surface area contributed by atoms with E-state index in [1.54, 1.807) is 19.3 Å². The van der Waals surface area contributed by atoms with Crippen LogP contribution in [-0.4, -0.2) is 47.4 Å². The predicted molar refractivity (Wildman–Crippen MR) is 94.1 cm³/mol. The van der Waals surface area contributed by atoms with Gasteiger partial charge in [0.25, 0.3) is 0 Å². The van der Waals surface area contributed by atoms with E-state index in [4.69, 9.17) is 0 Å². The normalized spacial score (nSPS) is 42.5. The van der Waals surface area contributed by atoms with Crippen LogP contribution < -0.4 is 0 Å². The molecule has 22 heavy (non-hydrogen) atoms. The van der Waals surface area contributed by atoms with Crippen molar-refractivity contribution in [1.82, 2.24) is 9.96 Å². The number of hydroxylamine groups is 2. The van der Waals surface area contributed by atoms with Gasteiger partial charge in [-0.1, -0.05) is 0 Å². The molecule has 4 aliphatic carbocycles. The van der Waals surface area contributed by atoms with Gasteiger partial charge in [-0.2, -0.15) is 5.06 Å². The first-order chi connectivity index (χ1) is 9.62. The Hall–Kier alpha value is 0.460. The smallest absolute Gasteiger partial charge is 0.0366 e. The Morgan fingerprint density at radius 1 is 0.909 bits per heavy atom. The molecule has 1 heterocycles. The van der Waals surface area contributed by atoms with Crippen LogP contribution in [0.5, 0.6) is 0 Å². The predicted octanol–water partition coefficient (Wildman–Crippen LogP) is 3.83. The number of hydrogen-bond acceptors (Lipinski definition) is 3. The van der Waals surface area contributed by atoms with Gasteiger partial charge < -0.3 is 5.21 Å². The highest BCUT2D eigenvalue weighted by Gasteiger charge is 2.51. The Labute approximate surface area is 147 Å². The SMILES string of the molecule is CC(CC12CC3CC(CC(C3)C1)C2)N1CCN(O)CC1.Cl.Cl. The van der Waals surface area contributed by atoms with Gasteiger partial charge in [-0.15, -0.1) is 24.8 Å². The maximum absolute atomic E-state index is 9.52. The van der Waals surface area contributed by atoms with Crippen molar-refractivity contribution in [2.24, 2.45) is 23.2 Å². The van der Waals surface area contributed by atoms with E-state index >= 15 is 0 Å². The van der Waals surface area contributed by atoms with Gasteiger partial charge >= 0.3 is 0 Å². The molecule has 130 valence electrons. The first-order valence-corrected chi connectivity index (χ1v) is 8.80. The van der Waals surface area contributed by atoms with Crippen molar-refractivity contribution >= 4 is 24.8 Å². The van der Waals surface area contributed by atoms with Crippen LogP contribution in [-0.2, 0) is 0 Å². The van der Waals surface area contributed by atoms with Gasteiger partial charge in [0, 0.05) is 32.2 Å². The van der Waals surface area contributed by atoms with Gasteiger partial charge in [-0.3, -0.25) is 4.90 Å². The minimum atomic E-state index is 0. The number of halogens is 2. The van der Waals surface area contributed by atoms with E-state index in [1.807, 2.05) is 0 Å². The van der Waals surface area contributed by atoms with Crippen molar-refractivity contribution in [2.75, 3.05) is 26.2 Å². The summed E-state index contributed by atoms with van der Waals surface area (Å²) in [4.78, 5) is 2.62. The molecule has 4 saturated carbocycles. The summed E-state index contributed by atoms with van der Waals surface area (Å²) >= 11 is 0. The third kappa shape index (κ3) is 3.59. The van der Waals surface area contributed by atoms with Crippen LogP contribution in [0, 0.1) is 23.2 Å². The average molecular weight is 351 g/mol. The highest BCUT2D eigenvalue weighted by atomic mass is 35.5. The Bertz CT molecular complexity index is 336. The third-order valence-corrected chi connectivity index (χ3v) is 6.81. The fraction of sp³-hybridized carbons (Fsp3) is 1.00. The number of hydrogen-bond donors (Lipinski definition) is 1. The zero-order valence-electron chi connectivity index (χ0n) is 13.7. The molecule has 1 aliphatic heterocycles. The van der Waals surface area contributed by atoms with Crippen molar-refractivity contribution in [3.8, 4) is 0 Å². The second-order valence-corrected chi connectivity index (χ2v) is 8.46. The monoisotopic (exact) mass is 350 g/mol. The molecule has 1 unspecified atom stereocenters. The van der Waals surface area contributed by atoms with E-state index in [0.29, 0.717) is 11.5 Å². The molecule has 0 amide bonds. The van der Waals surface area contributed by atoms with Crippen LogP contribution in [0.1, 0.15) is 51.9 Å². The van der Waals surface area contributed by atoms with Crippen LogP contribution in [0.15, 0.2) is 0 Å². The van der Waals surface area contributed by atoms with Crippen LogP contribution in [0.4, 0.5) is 0 Å². The maximum Gasteiger partial charge on any atom is 0.0366 e. The summed E-state index contributed by atoms with van der Waals surface area (Å²) in [6.45, 7) is 6.18. The average Bonchev–Trinajstić information content (AvgIpc) is 2.37. The summed E-state index contributed by atoms with van der Waals surface area (Å²) in [5.41, 5.74) is 0.699. The molecule has 0 aromatic rings. The van der Waals surface area contributed by atoms with Gasteiger partial charge in [0.1, 0.15) is 0 Å². The van der Waals surface area contributed by atoms with E-state index in [1.165, 1.54) is 30.7 Å². The standard InChI is InChI=1S/C17H30N2O.2ClH/c1-13(18-2-4-19(20)5-3-18)9-17-10-14-6-15(11-17)8-16(7-14)12-17;;/h13-16,20H,2-12H2,1H3;2*1H. The fourth-order valence-electron chi connectivity index (χ4n) is 6.45. The lowest BCUT2D eigenvalue weighted by molar-refractivity contribution is -0.126. The summed E-state index contributed by atoms with van der Waals surface area (Å²) in [6.07, 6.45) is 10.7. The molecule has 0 radical (unpaired) electrons. The molecular weight excluding hydrogens is 319 g/mol. The highest BCUT2D eigenvalue weighted by Crippen LogP contribution is 2.61. The van der Waals surface area contributed by atoms with E-state index < -0.39 is 0 Å². The van der Waals surface area contributed by atoms with E-state index in [0.717, 1.165) is 43.9 Å². The molecule has 1 saturated heterocycles. The van der Waals surface area contributed by atoms with Crippen LogP contribution >= 0.6 is 24.8 Å². The van der Waals surface area contributed by atoms with E-state index in [2.05, 4.69) is 11.8 Å². The van der Waals surface area contributed by atoms with Gasteiger partial charge in [0.2, 0.25) is 0 Å². The molecule has 0 spiro atoms. The van der Waals surface area contributed by atoms with Gasteiger partial charge in [0.15, 0.2) is 0 Å². The molecule has 5 heteroatoms. The second-order valence-electron chi connectivity index (χ2n) is 8.46.